The van der Waals surface area contributed by atoms with Crippen LogP contribution >= 0.6 is 0 Å². The number of hydrogen-bond donors (Lipinski definition) is 2. The predicted molar refractivity (Wildman–Crippen MR) is 81.1 cm³/mol. The first kappa shape index (κ1) is 13.1. The monoisotopic (exact) mass is 282 g/mol. The first-order valence-corrected chi connectivity index (χ1v) is 6.36. The van der Waals surface area contributed by atoms with Crippen LogP contribution in [-0.2, 0) is 0 Å². The van der Waals surface area contributed by atoms with Gasteiger partial charge < -0.3 is 20.6 Å². The number of nitrogens with two attached hydrogens (primary N) is 2. The average molecular weight is 282 g/mol. The van der Waals surface area contributed by atoms with Crippen LogP contribution in [0.1, 0.15) is 10.6 Å². The van der Waals surface area contributed by atoms with Crippen LogP contribution in [0.25, 0.3) is 22.1 Å². The Kier molecular flexibility index (Phi) is 3.02. The lowest BCUT2D eigenvalue weighted by atomic mass is 10.0. The Bertz CT molecular complexity index is 819. The smallest absolute Gasteiger partial charge is 0.286 e. The van der Waals surface area contributed by atoms with E-state index in [9.17, 15) is 4.79 Å². The topological polar surface area (TPSA) is 91.5 Å². The number of fused-ring (bicyclic) bond motifs is 1. The van der Waals surface area contributed by atoms with Gasteiger partial charge in [-0.2, -0.15) is 0 Å². The molecule has 0 saturated carbocycles. The molecule has 5 heteroatoms. The summed E-state index contributed by atoms with van der Waals surface area (Å²) in [6.07, 6.45) is 0. The third kappa shape index (κ3) is 2.18. The standard InChI is InChI=1S/C16H14N2O3/c1-20-11-5-2-9(3-6-11)10-4-7-13-12(8-10)14(17)15(21-13)16(18)19/h2-8H,17H2,1H3,(H2,18,19). The van der Waals surface area contributed by atoms with Gasteiger partial charge in [0.1, 0.15) is 11.3 Å². The van der Waals surface area contributed by atoms with E-state index >= 15 is 0 Å². The number of amides is 1. The molecule has 3 rings (SSSR count). The van der Waals surface area contributed by atoms with Crippen LogP contribution in [0, 0.1) is 0 Å². The Hall–Kier alpha value is -2.95. The number of anilines is 1. The van der Waals surface area contributed by atoms with Crippen LogP contribution in [0.15, 0.2) is 46.9 Å². The number of primary amides is 1. The third-order valence-corrected chi connectivity index (χ3v) is 3.37. The maximum Gasteiger partial charge on any atom is 0.286 e. The minimum Gasteiger partial charge on any atom is -0.497 e. The molecule has 0 aliphatic heterocycles. The summed E-state index contributed by atoms with van der Waals surface area (Å²) in [5.74, 6) is 0.116. The molecule has 5 nitrogen and oxygen atoms in total. The average Bonchev–Trinajstić information content (AvgIpc) is 2.84. The molecule has 4 N–H and O–H groups in total. The van der Waals surface area contributed by atoms with Crippen LogP contribution in [0.5, 0.6) is 5.75 Å². The molecule has 0 radical (unpaired) electrons. The van der Waals surface area contributed by atoms with Gasteiger partial charge in [-0.25, -0.2) is 0 Å². The fraction of sp³-hybridized carbons (Fsp3) is 0.0625. The lowest BCUT2D eigenvalue weighted by Gasteiger charge is -2.04. The summed E-state index contributed by atoms with van der Waals surface area (Å²) >= 11 is 0. The van der Waals surface area contributed by atoms with Gasteiger partial charge in [0.25, 0.3) is 5.91 Å². The highest BCUT2D eigenvalue weighted by Gasteiger charge is 2.16. The molecule has 3 aromatic rings. The van der Waals surface area contributed by atoms with Crippen molar-refractivity contribution in [2.45, 2.75) is 0 Å². The molecule has 0 aliphatic rings. The summed E-state index contributed by atoms with van der Waals surface area (Å²) in [4.78, 5) is 11.3. The number of methoxy groups -OCH3 is 1. The molecule has 1 heterocycles. The van der Waals surface area contributed by atoms with Crippen LogP contribution < -0.4 is 16.2 Å². The molecule has 106 valence electrons. The summed E-state index contributed by atoms with van der Waals surface area (Å²) in [6, 6.07) is 13.2. The summed E-state index contributed by atoms with van der Waals surface area (Å²) in [5, 5.41) is 0.678. The molecule has 21 heavy (non-hydrogen) atoms. The molecule has 0 aliphatic carbocycles. The van der Waals surface area contributed by atoms with Crippen LogP contribution in [0.3, 0.4) is 0 Å². The summed E-state index contributed by atoms with van der Waals surface area (Å²) in [5.41, 5.74) is 13.9. The SMILES string of the molecule is COc1ccc(-c2ccc3oc(C(N)=O)c(N)c3c2)cc1. The van der Waals surface area contributed by atoms with Crippen molar-refractivity contribution in [2.24, 2.45) is 5.73 Å². The molecular weight excluding hydrogens is 268 g/mol. The van der Waals surface area contributed by atoms with E-state index in [1.807, 2.05) is 36.4 Å². The quantitative estimate of drug-likeness (QED) is 0.772. The van der Waals surface area contributed by atoms with Crippen molar-refractivity contribution in [1.82, 2.24) is 0 Å². The van der Waals surface area contributed by atoms with Crippen molar-refractivity contribution < 1.29 is 13.9 Å². The number of hydrogen-bond acceptors (Lipinski definition) is 4. The zero-order valence-corrected chi connectivity index (χ0v) is 11.4. The Morgan fingerprint density at radius 3 is 2.38 bits per heavy atom. The van der Waals surface area contributed by atoms with Gasteiger partial charge in [-0.05, 0) is 35.4 Å². The number of benzene rings is 2. The van der Waals surface area contributed by atoms with Gasteiger partial charge >= 0.3 is 0 Å². The minimum atomic E-state index is -0.672. The number of carbonyl (C=O) groups excluding carboxylic acids is 1. The zero-order valence-electron chi connectivity index (χ0n) is 11.4. The van der Waals surface area contributed by atoms with E-state index in [-0.39, 0.29) is 11.4 Å². The lowest BCUT2D eigenvalue weighted by Crippen LogP contribution is -2.11. The fourth-order valence-electron chi connectivity index (χ4n) is 2.26. The van der Waals surface area contributed by atoms with E-state index in [4.69, 9.17) is 20.6 Å². The van der Waals surface area contributed by atoms with Crippen molar-refractivity contribution >= 4 is 22.6 Å². The van der Waals surface area contributed by atoms with Gasteiger partial charge in [0.15, 0.2) is 0 Å². The Morgan fingerprint density at radius 2 is 1.76 bits per heavy atom. The molecule has 0 unspecified atom stereocenters. The molecule has 2 aromatic carbocycles. The highest BCUT2D eigenvalue weighted by Crippen LogP contribution is 2.32. The first-order chi connectivity index (χ1) is 10.1. The largest absolute Gasteiger partial charge is 0.497 e. The highest BCUT2D eigenvalue weighted by atomic mass is 16.5. The first-order valence-electron chi connectivity index (χ1n) is 6.36. The van der Waals surface area contributed by atoms with Gasteiger partial charge in [-0.1, -0.05) is 18.2 Å². The Balaban J connectivity index is 2.11. The van der Waals surface area contributed by atoms with Crippen LogP contribution in [0.2, 0.25) is 0 Å². The zero-order chi connectivity index (χ0) is 15.0. The number of carbonyl (C=O) groups is 1. The minimum absolute atomic E-state index is 0.00289. The normalized spacial score (nSPS) is 10.7. The third-order valence-electron chi connectivity index (χ3n) is 3.37. The van der Waals surface area contributed by atoms with Crippen molar-refractivity contribution in [3.63, 3.8) is 0 Å². The van der Waals surface area contributed by atoms with Gasteiger partial charge in [-0.3, -0.25) is 4.79 Å². The fourth-order valence-corrected chi connectivity index (χ4v) is 2.26. The second kappa shape index (κ2) is 4.86. The molecule has 1 amide bonds. The molecule has 0 atom stereocenters. The molecular formula is C16H14N2O3. The Labute approximate surface area is 121 Å². The molecule has 0 spiro atoms. The molecule has 0 fully saturated rings. The van der Waals surface area contributed by atoms with E-state index in [1.165, 1.54) is 0 Å². The number of furan rings is 1. The van der Waals surface area contributed by atoms with Crippen LogP contribution in [0.4, 0.5) is 5.69 Å². The van der Waals surface area contributed by atoms with Gasteiger partial charge in [0.2, 0.25) is 5.76 Å². The maximum atomic E-state index is 11.3. The lowest BCUT2D eigenvalue weighted by molar-refractivity contribution is 0.0977. The second-order valence-corrected chi connectivity index (χ2v) is 4.65. The van der Waals surface area contributed by atoms with Crippen molar-refractivity contribution in [3.05, 3.63) is 48.2 Å². The van der Waals surface area contributed by atoms with E-state index < -0.39 is 5.91 Å². The number of nitrogen functional groups attached to an aromatic ring is 1. The second-order valence-electron chi connectivity index (χ2n) is 4.65. The highest BCUT2D eigenvalue weighted by molar-refractivity contribution is 6.05. The van der Waals surface area contributed by atoms with Crippen molar-refractivity contribution in [3.8, 4) is 16.9 Å². The van der Waals surface area contributed by atoms with E-state index in [0.717, 1.165) is 16.9 Å². The molecule has 0 saturated heterocycles. The van der Waals surface area contributed by atoms with Gasteiger partial charge in [0.05, 0.1) is 12.8 Å². The maximum absolute atomic E-state index is 11.3. The summed E-state index contributed by atoms with van der Waals surface area (Å²) < 4.78 is 10.5. The molecule has 1 aromatic heterocycles. The van der Waals surface area contributed by atoms with Crippen molar-refractivity contribution in [1.29, 1.82) is 0 Å². The van der Waals surface area contributed by atoms with E-state index in [0.29, 0.717) is 11.0 Å². The van der Waals surface area contributed by atoms with Crippen molar-refractivity contribution in [2.75, 3.05) is 12.8 Å². The van der Waals surface area contributed by atoms with Gasteiger partial charge in [0, 0.05) is 5.39 Å². The van der Waals surface area contributed by atoms with Gasteiger partial charge in [-0.15, -0.1) is 0 Å². The number of rotatable bonds is 3. The van der Waals surface area contributed by atoms with E-state index in [1.54, 1.807) is 13.2 Å². The summed E-state index contributed by atoms with van der Waals surface area (Å²) in [7, 11) is 1.62. The Morgan fingerprint density at radius 1 is 1.10 bits per heavy atom. The molecule has 0 bridgehead atoms. The predicted octanol–water partition coefficient (Wildman–Crippen LogP) is 2.79. The van der Waals surface area contributed by atoms with Crippen LogP contribution in [-0.4, -0.2) is 13.0 Å². The van der Waals surface area contributed by atoms with E-state index in [2.05, 4.69) is 0 Å². The summed E-state index contributed by atoms with van der Waals surface area (Å²) in [6.45, 7) is 0. The number of ether oxygens (including phenoxy) is 1.